The SMILES string of the molecule is CCNCCNO.CCNCC[NH-].CCNCC[NH-].O.[Ti+2]. The fourth-order valence-electron chi connectivity index (χ4n) is 0.851. The Balaban J connectivity index is -0.0000000584. The normalized spacial score (nSPS) is 8.29. The maximum Gasteiger partial charge on any atom is 2.00 e. The Morgan fingerprint density at radius 3 is 1.24 bits per heavy atom. The first-order valence-corrected chi connectivity index (χ1v) is 7.03. The predicted octanol–water partition coefficient (Wildman–Crippen LogP) is 0.0437. The van der Waals surface area contributed by atoms with Crippen molar-refractivity contribution in [3.05, 3.63) is 11.5 Å². The Bertz CT molecular complexity index is 108. The van der Waals surface area contributed by atoms with Crippen molar-refractivity contribution < 1.29 is 32.4 Å². The third-order valence-corrected chi connectivity index (χ3v) is 1.77. The van der Waals surface area contributed by atoms with Gasteiger partial charge in [-0.05, 0) is 32.7 Å². The van der Waals surface area contributed by atoms with Gasteiger partial charge in [-0.15, -0.1) is 13.1 Å². The largest absolute Gasteiger partial charge is 2.00 e. The number of nitrogens with one attached hydrogen (secondary N) is 6. The van der Waals surface area contributed by atoms with E-state index in [0.717, 1.165) is 39.3 Å². The molecule has 0 fully saturated rings. The smallest absolute Gasteiger partial charge is 0.676 e. The first-order valence-electron chi connectivity index (χ1n) is 7.03. The molecule has 0 aliphatic rings. The summed E-state index contributed by atoms with van der Waals surface area (Å²) in [7, 11) is 0. The van der Waals surface area contributed by atoms with E-state index < -0.39 is 0 Å². The van der Waals surface area contributed by atoms with Crippen LogP contribution in [0.15, 0.2) is 0 Å². The zero-order valence-electron chi connectivity index (χ0n) is 13.8. The molecule has 0 saturated carbocycles. The Hall–Kier alpha value is 0.394. The fourth-order valence-corrected chi connectivity index (χ4v) is 0.851. The summed E-state index contributed by atoms with van der Waals surface area (Å²) in [4.78, 5) is 0. The van der Waals surface area contributed by atoms with Crippen LogP contribution in [0.3, 0.4) is 0 Å². The summed E-state index contributed by atoms with van der Waals surface area (Å²) in [5, 5.41) is 17.1. The van der Waals surface area contributed by atoms with Crippen molar-refractivity contribution in [3.8, 4) is 0 Å². The summed E-state index contributed by atoms with van der Waals surface area (Å²) < 4.78 is 0. The van der Waals surface area contributed by atoms with E-state index in [0.29, 0.717) is 19.6 Å². The molecule has 0 aromatic rings. The van der Waals surface area contributed by atoms with Gasteiger partial charge in [0.1, 0.15) is 0 Å². The van der Waals surface area contributed by atoms with Crippen molar-refractivity contribution in [2.45, 2.75) is 20.8 Å². The maximum absolute atomic E-state index is 8.00. The molecule has 0 aliphatic heterocycles. The number of hydrogen-bond acceptors (Lipinski definition) is 5. The molecular weight excluding hydrogens is 308 g/mol. The Morgan fingerprint density at radius 1 is 0.714 bits per heavy atom. The standard InChI is InChI=1S/C4H12N2O.2C4H11N2.H2O.Ti/c1-2-5-3-4-6-7;2*1-2-6-4-3-5;;/h5-7H,2-4H2,1H3;2*5-6H,2-4H2,1H3;1H2;/q;2*-1;;+2. The molecule has 0 aromatic heterocycles. The van der Waals surface area contributed by atoms with Crippen LogP contribution < -0.4 is 21.4 Å². The number of hydrogen-bond donors (Lipinski definition) is 5. The van der Waals surface area contributed by atoms with Gasteiger partial charge in [-0.3, -0.25) is 0 Å². The summed E-state index contributed by atoms with van der Waals surface area (Å²) in [6.07, 6.45) is 0. The van der Waals surface area contributed by atoms with Crippen LogP contribution in [0.5, 0.6) is 0 Å². The van der Waals surface area contributed by atoms with Gasteiger partial charge in [0.15, 0.2) is 0 Å². The van der Waals surface area contributed by atoms with Gasteiger partial charge in [0, 0.05) is 13.1 Å². The van der Waals surface area contributed by atoms with Crippen LogP contribution in [0.2, 0.25) is 0 Å². The third kappa shape index (κ3) is 63.9. The van der Waals surface area contributed by atoms with Gasteiger partial charge in [-0.2, -0.15) is 0 Å². The molecule has 0 amide bonds. The van der Waals surface area contributed by atoms with E-state index in [1.54, 1.807) is 0 Å². The average molecular weight is 344 g/mol. The Kier molecular flexibility index (Phi) is 67.4. The number of likely N-dealkylation sites (N-methyl/N-ethyl adjacent to an activating group) is 3. The van der Waals surface area contributed by atoms with Crippen LogP contribution in [0.4, 0.5) is 0 Å². The average Bonchev–Trinajstić information content (AvgIpc) is 2.45. The van der Waals surface area contributed by atoms with Crippen LogP contribution in [-0.2, 0) is 21.7 Å². The first-order chi connectivity index (χ1) is 9.24. The second-order valence-corrected chi connectivity index (χ2v) is 3.47. The minimum atomic E-state index is 0. The topological polar surface area (TPSA) is 147 Å². The second-order valence-electron chi connectivity index (χ2n) is 3.47. The van der Waals surface area contributed by atoms with Crippen LogP contribution in [0.25, 0.3) is 11.5 Å². The number of rotatable bonds is 10. The van der Waals surface area contributed by atoms with E-state index in [9.17, 15) is 0 Å². The summed E-state index contributed by atoms with van der Waals surface area (Å²) >= 11 is 0. The summed E-state index contributed by atoms with van der Waals surface area (Å²) in [5.41, 5.74) is 15.3. The third-order valence-electron chi connectivity index (χ3n) is 1.77. The van der Waals surface area contributed by atoms with E-state index in [1.807, 2.05) is 26.3 Å². The van der Waals surface area contributed by atoms with Crippen molar-refractivity contribution in [2.75, 3.05) is 58.9 Å². The molecule has 9 heteroatoms. The van der Waals surface area contributed by atoms with Crippen LogP contribution in [0.1, 0.15) is 20.8 Å². The molecule has 0 spiro atoms. The quantitative estimate of drug-likeness (QED) is 0.216. The molecule has 0 atom stereocenters. The molecule has 0 rings (SSSR count). The van der Waals surface area contributed by atoms with Gasteiger partial charge in [0.05, 0.1) is 0 Å². The molecule has 130 valence electrons. The molecular formula is C12H36N6O2Ti. The van der Waals surface area contributed by atoms with E-state index in [4.69, 9.17) is 16.7 Å². The molecule has 0 radical (unpaired) electrons. The summed E-state index contributed by atoms with van der Waals surface area (Å²) in [6, 6.07) is 0. The van der Waals surface area contributed by atoms with E-state index >= 15 is 0 Å². The van der Waals surface area contributed by atoms with E-state index in [2.05, 4.69) is 16.0 Å². The molecule has 0 unspecified atom stereocenters. The van der Waals surface area contributed by atoms with Gasteiger partial charge in [-0.25, -0.2) is 5.48 Å². The van der Waals surface area contributed by atoms with Gasteiger partial charge in [-0.1, -0.05) is 20.8 Å². The second kappa shape index (κ2) is 42.8. The molecule has 0 bridgehead atoms. The van der Waals surface area contributed by atoms with Crippen molar-refractivity contribution in [1.29, 1.82) is 0 Å². The van der Waals surface area contributed by atoms with Gasteiger partial charge < -0.3 is 38.1 Å². The van der Waals surface area contributed by atoms with E-state index in [1.165, 1.54) is 0 Å². The zero-order chi connectivity index (χ0) is 15.2. The van der Waals surface area contributed by atoms with Crippen molar-refractivity contribution in [2.24, 2.45) is 0 Å². The zero-order valence-corrected chi connectivity index (χ0v) is 15.4. The fraction of sp³-hybridized carbons (Fsp3) is 1.00. The monoisotopic (exact) mass is 344 g/mol. The summed E-state index contributed by atoms with van der Waals surface area (Å²) in [5.74, 6) is 0. The van der Waals surface area contributed by atoms with Crippen molar-refractivity contribution in [1.82, 2.24) is 21.4 Å². The molecule has 0 aliphatic carbocycles. The molecule has 0 aromatic carbocycles. The van der Waals surface area contributed by atoms with Crippen LogP contribution >= 0.6 is 0 Å². The molecule has 0 saturated heterocycles. The number of hydroxylamine groups is 1. The van der Waals surface area contributed by atoms with Crippen LogP contribution in [-0.4, -0.2) is 69.6 Å². The van der Waals surface area contributed by atoms with Crippen LogP contribution in [0, 0.1) is 0 Å². The van der Waals surface area contributed by atoms with Crippen molar-refractivity contribution in [3.63, 3.8) is 0 Å². The first kappa shape index (κ1) is 33.1. The molecule has 9 N–H and O–H groups in total. The Morgan fingerprint density at radius 2 is 1.05 bits per heavy atom. The van der Waals surface area contributed by atoms with Gasteiger partial charge in [0.2, 0.25) is 0 Å². The maximum atomic E-state index is 8.00. The molecule has 8 nitrogen and oxygen atoms in total. The summed E-state index contributed by atoms with van der Waals surface area (Å²) in [6.45, 7) is 13.1. The van der Waals surface area contributed by atoms with Gasteiger partial charge >= 0.3 is 21.7 Å². The van der Waals surface area contributed by atoms with Crippen molar-refractivity contribution >= 4 is 0 Å². The molecule has 21 heavy (non-hydrogen) atoms. The minimum Gasteiger partial charge on any atom is -0.676 e. The Labute approximate surface area is 145 Å². The van der Waals surface area contributed by atoms with Gasteiger partial charge in [0.25, 0.3) is 0 Å². The van der Waals surface area contributed by atoms with E-state index in [-0.39, 0.29) is 27.2 Å². The molecule has 0 heterocycles. The minimum absolute atomic E-state index is 0. The predicted molar refractivity (Wildman–Crippen MR) is 87.4 cm³/mol.